The molecule has 1 N–H and O–H groups in total. The third-order valence-electron chi connectivity index (χ3n) is 5.08. The van der Waals surface area contributed by atoms with Crippen LogP contribution >= 0.6 is 11.8 Å². The SMILES string of the molecule is COCCCNC(=O)C1CSC(c2ccccc2)N1C(=O)c1ccc(OC)c(OC)c1. The van der Waals surface area contributed by atoms with Gasteiger partial charge in [-0.2, -0.15) is 0 Å². The number of carbonyl (C=O) groups excluding carboxylic acids is 2. The van der Waals surface area contributed by atoms with Crippen LogP contribution in [0.5, 0.6) is 11.5 Å². The number of hydrogen-bond acceptors (Lipinski definition) is 6. The van der Waals surface area contributed by atoms with Crippen molar-refractivity contribution in [3.05, 3.63) is 59.7 Å². The molecule has 1 aliphatic heterocycles. The molecule has 0 radical (unpaired) electrons. The van der Waals surface area contributed by atoms with Crippen LogP contribution in [-0.2, 0) is 9.53 Å². The van der Waals surface area contributed by atoms with Crippen molar-refractivity contribution in [2.75, 3.05) is 40.2 Å². The number of methoxy groups -OCH3 is 3. The first-order valence-corrected chi connectivity index (χ1v) is 11.1. The van der Waals surface area contributed by atoms with Crippen molar-refractivity contribution in [1.29, 1.82) is 0 Å². The lowest BCUT2D eigenvalue weighted by Crippen LogP contribution is -2.48. The molecule has 1 saturated heterocycles. The number of nitrogens with zero attached hydrogens (tertiary/aromatic N) is 1. The standard InChI is InChI=1S/C23H28N2O5S/c1-28-13-7-12-24-21(26)18-15-31-23(16-8-5-4-6-9-16)25(18)22(27)17-10-11-19(29-2)20(14-17)30-3/h4-6,8-11,14,18,23H,7,12-13,15H2,1-3H3,(H,24,26). The van der Waals surface area contributed by atoms with Gasteiger partial charge in [-0.1, -0.05) is 30.3 Å². The van der Waals surface area contributed by atoms with Crippen LogP contribution in [0.25, 0.3) is 0 Å². The number of ether oxygens (including phenoxy) is 3. The third kappa shape index (κ3) is 5.32. The summed E-state index contributed by atoms with van der Waals surface area (Å²) < 4.78 is 15.7. The Labute approximate surface area is 187 Å². The van der Waals surface area contributed by atoms with Crippen LogP contribution in [-0.4, -0.2) is 63.0 Å². The number of carbonyl (C=O) groups is 2. The molecule has 2 aromatic carbocycles. The average molecular weight is 445 g/mol. The molecular weight excluding hydrogens is 416 g/mol. The summed E-state index contributed by atoms with van der Waals surface area (Å²) in [7, 11) is 4.70. The Morgan fingerprint density at radius 1 is 1.06 bits per heavy atom. The normalized spacial score (nSPS) is 18.0. The zero-order valence-electron chi connectivity index (χ0n) is 18.0. The van der Waals surface area contributed by atoms with Gasteiger partial charge < -0.3 is 24.4 Å². The molecule has 1 aliphatic rings. The maximum absolute atomic E-state index is 13.6. The zero-order valence-corrected chi connectivity index (χ0v) is 18.8. The van der Waals surface area contributed by atoms with Crippen molar-refractivity contribution in [3.8, 4) is 11.5 Å². The molecular formula is C23H28N2O5S. The summed E-state index contributed by atoms with van der Waals surface area (Å²) in [6, 6.07) is 14.2. The monoisotopic (exact) mass is 444 g/mol. The van der Waals surface area contributed by atoms with E-state index in [9.17, 15) is 9.59 Å². The molecule has 0 aliphatic carbocycles. The number of rotatable bonds is 9. The Hall–Kier alpha value is -2.71. The molecule has 3 rings (SSSR count). The lowest BCUT2D eigenvalue weighted by Gasteiger charge is -2.29. The van der Waals surface area contributed by atoms with Crippen LogP contribution in [0.15, 0.2) is 48.5 Å². The second kappa shape index (κ2) is 11.1. The minimum absolute atomic E-state index is 0.157. The highest BCUT2D eigenvalue weighted by Crippen LogP contribution is 2.42. The van der Waals surface area contributed by atoms with E-state index in [4.69, 9.17) is 14.2 Å². The number of amides is 2. The van der Waals surface area contributed by atoms with E-state index in [1.165, 1.54) is 7.11 Å². The van der Waals surface area contributed by atoms with Crippen LogP contribution < -0.4 is 14.8 Å². The molecule has 2 unspecified atom stereocenters. The highest BCUT2D eigenvalue weighted by Gasteiger charge is 2.42. The molecule has 1 heterocycles. The van der Waals surface area contributed by atoms with E-state index in [0.29, 0.717) is 42.4 Å². The van der Waals surface area contributed by atoms with Gasteiger partial charge in [-0.05, 0) is 30.2 Å². The average Bonchev–Trinajstić information content (AvgIpc) is 3.26. The topological polar surface area (TPSA) is 77.1 Å². The molecule has 0 bridgehead atoms. The highest BCUT2D eigenvalue weighted by molar-refractivity contribution is 7.99. The van der Waals surface area contributed by atoms with Gasteiger partial charge in [0.15, 0.2) is 11.5 Å². The predicted octanol–water partition coefficient (Wildman–Crippen LogP) is 3.11. The number of benzene rings is 2. The van der Waals surface area contributed by atoms with E-state index in [1.54, 1.807) is 49.1 Å². The lowest BCUT2D eigenvalue weighted by atomic mass is 10.1. The van der Waals surface area contributed by atoms with Gasteiger partial charge in [-0.3, -0.25) is 9.59 Å². The fourth-order valence-corrected chi connectivity index (χ4v) is 4.92. The molecule has 2 amide bonds. The first-order valence-electron chi connectivity index (χ1n) is 10.1. The van der Waals surface area contributed by atoms with Crippen LogP contribution in [0.4, 0.5) is 0 Å². The second-order valence-corrected chi connectivity index (χ2v) is 8.14. The molecule has 8 heteroatoms. The van der Waals surface area contributed by atoms with Crippen LogP contribution in [0.3, 0.4) is 0 Å². The first kappa shape index (κ1) is 23.0. The summed E-state index contributed by atoms with van der Waals surface area (Å²) >= 11 is 1.59. The summed E-state index contributed by atoms with van der Waals surface area (Å²) in [5.74, 6) is 1.15. The van der Waals surface area contributed by atoms with Crippen LogP contribution in [0, 0.1) is 0 Å². The lowest BCUT2D eigenvalue weighted by molar-refractivity contribution is -0.124. The summed E-state index contributed by atoms with van der Waals surface area (Å²) in [4.78, 5) is 28.2. The van der Waals surface area contributed by atoms with Crippen LogP contribution in [0.1, 0.15) is 27.7 Å². The molecule has 0 saturated carbocycles. The van der Waals surface area contributed by atoms with Crippen molar-refractivity contribution < 1.29 is 23.8 Å². The largest absolute Gasteiger partial charge is 0.493 e. The van der Waals surface area contributed by atoms with Crippen molar-refractivity contribution in [2.45, 2.75) is 17.8 Å². The molecule has 0 spiro atoms. The first-order chi connectivity index (χ1) is 15.1. The third-order valence-corrected chi connectivity index (χ3v) is 6.40. The van der Waals surface area contributed by atoms with Gasteiger partial charge in [-0.15, -0.1) is 11.8 Å². The van der Waals surface area contributed by atoms with Crippen molar-refractivity contribution >= 4 is 23.6 Å². The Morgan fingerprint density at radius 2 is 1.81 bits per heavy atom. The number of nitrogens with one attached hydrogen (secondary N) is 1. The molecule has 1 fully saturated rings. The van der Waals surface area contributed by atoms with Gasteiger partial charge >= 0.3 is 0 Å². The Bertz CT molecular complexity index is 893. The Balaban J connectivity index is 1.89. The molecule has 31 heavy (non-hydrogen) atoms. The van der Waals surface area contributed by atoms with E-state index in [1.807, 2.05) is 30.3 Å². The van der Waals surface area contributed by atoms with Gasteiger partial charge in [0.1, 0.15) is 11.4 Å². The van der Waals surface area contributed by atoms with Gasteiger partial charge in [0.2, 0.25) is 5.91 Å². The quantitative estimate of drug-likeness (QED) is 0.599. The fraction of sp³-hybridized carbons (Fsp3) is 0.391. The van der Waals surface area contributed by atoms with Crippen molar-refractivity contribution in [1.82, 2.24) is 10.2 Å². The van der Waals surface area contributed by atoms with Gasteiger partial charge in [0.25, 0.3) is 5.91 Å². The van der Waals surface area contributed by atoms with Crippen LogP contribution in [0.2, 0.25) is 0 Å². The smallest absolute Gasteiger partial charge is 0.255 e. The van der Waals surface area contributed by atoms with E-state index in [-0.39, 0.29) is 17.2 Å². The predicted molar refractivity (Wildman–Crippen MR) is 121 cm³/mol. The summed E-state index contributed by atoms with van der Waals surface area (Å²) in [5, 5.41) is 2.68. The zero-order chi connectivity index (χ0) is 22.2. The maximum atomic E-state index is 13.6. The van der Waals surface area contributed by atoms with E-state index in [0.717, 1.165) is 5.56 Å². The highest BCUT2D eigenvalue weighted by atomic mass is 32.2. The van der Waals surface area contributed by atoms with E-state index in [2.05, 4.69) is 5.32 Å². The van der Waals surface area contributed by atoms with Crippen molar-refractivity contribution in [3.63, 3.8) is 0 Å². The molecule has 166 valence electrons. The summed E-state index contributed by atoms with van der Waals surface area (Å²) in [5.41, 5.74) is 1.43. The minimum Gasteiger partial charge on any atom is -0.493 e. The van der Waals surface area contributed by atoms with Gasteiger partial charge in [0.05, 0.1) is 14.2 Å². The van der Waals surface area contributed by atoms with Gasteiger partial charge in [-0.25, -0.2) is 0 Å². The molecule has 0 aromatic heterocycles. The number of thioether (sulfide) groups is 1. The fourth-order valence-electron chi connectivity index (χ4n) is 3.50. The summed E-state index contributed by atoms with van der Waals surface area (Å²) in [6.45, 7) is 1.07. The van der Waals surface area contributed by atoms with Crippen molar-refractivity contribution in [2.24, 2.45) is 0 Å². The van der Waals surface area contributed by atoms with E-state index < -0.39 is 6.04 Å². The molecule has 7 nitrogen and oxygen atoms in total. The minimum atomic E-state index is -0.571. The second-order valence-electron chi connectivity index (χ2n) is 7.03. The Kier molecular flexibility index (Phi) is 8.20. The maximum Gasteiger partial charge on any atom is 0.255 e. The molecule has 2 aromatic rings. The molecule has 2 atom stereocenters. The van der Waals surface area contributed by atoms with E-state index >= 15 is 0 Å². The Morgan fingerprint density at radius 3 is 2.48 bits per heavy atom. The van der Waals surface area contributed by atoms with Gasteiger partial charge in [0, 0.05) is 31.6 Å². The summed E-state index contributed by atoms with van der Waals surface area (Å²) in [6.07, 6.45) is 0.716. The number of hydrogen-bond donors (Lipinski definition) is 1.